The van der Waals surface area contributed by atoms with Crippen molar-refractivity contribution in [2.45, 2.75) is 20.3 Å². The number of anilines is 1. The van der Waals surface area contributed by atoms with Gasteiger partial charge in [0.2, 0.25) is 0 Å². The average molecular weight is 281 g/mol. The van der Waals surface area contributed by atoms with Crippen molar-refractivity contribution in [1.29, 1.82) is 0 Å². The maximum atomic E-state index is 11.7. The van der Waals surface area contributed by atoms with Gasteiger partial charge in [0.15, 0.2) is 0 Å². The molecule has 1 aromatic carbocycles. The van der Waals surface area contributed by atoms with Gasteiger partial charge in [-0.3, -0.25) is 10.1 Å². The van der Waals surface area contributed by atoms with Crippen molar-refractivity contribution in [3.05, 3.63) is 33.9 Å². The lowest BCUT2D eigenvalue weighted by molar-refractivity contribution is -0.384. The number of nitro benzene ring substituents is 1. The normalized spacial score (nSPS) is 11.8. The quantitative estimate of drug-likeness (QED) is 0.548. The fraction of sp³-hybridized carbons (Fsp3) is 0.462. The predicted octanol–water partition coefficient (Wildman–Crippen LogP) is 2.04. The number of urea groups is 1. The number of non-ortho nitro benzene ring substituents is 1. The summed E-state index contributed by atoms with van der Waals surface area (Å²) in [5.41, 5.74) is 1.08. The molecule has 0 saturated carbocycles. The third-order valence-corrected chi connectivity index (χ3v) is 2.91. The lowest BCUT2D eigenvalue weighted by Gasteiger charge is -2.13. The first kappa shape index (κ1) is 15.9. The number of nitrogens with zero attached hydrogens (tertiary/aromatic N) is 1. The van der Waals surface area contributed by atoms with E-state index in [1.54, 1.807) is 13.0 Å². The molecular weight excluding hydrogens is 262 g/mol. The Balaban J connectivity index is 2.61. The number of aryl methyl sites for hydroxylation is 1. The van der Waals surface area contributed by atoms with Crippen molar-refractivity contribution in [3.63, 3.8) is 0 Å². The molecule has 7 heteroatoms. The third kappa shape index (κ3) is 4.85. The lowest BCUT2D eigenvalue weighted by Crippen LogP contribution is -2.32. The van der Waals surface area contributed by atoms with Gasteiger partial charge in [0.05, 0.1) is 10.6 Å². The smallest absolute Gasteiger partial charge is 0.319 e. The van der Waals surface area contributed by atoms with Gasteiger partial charge in [-0.25, -0.2) is 4.79 Å². The Labute approximate surface area is 117 Å². The van der Waals surface area contributed by atoms with E-state index in [9.17, 15) is 14.9 Å². The van der Waals surface area contributed by atoms with Crippen LogP contribution >= 0.6 is 0 Å². The largest absolute Gasteiger partial charge is 0.396 e. The first-order valence-electron chi connectivity index (χ1n) is 6.34. The second-order valence-electron chi connectivity index (χ2n) is 4.71. The van der Waals surface area contributed by atoms with Gasteiger partial charge < -0.3 is 15.7 Å². The first-order chi connectivity index (χ1) is 9.43. The van der Waals surface area contributed by atoms with Gasteiger partial charge in [0.1, 0.15) is 0 Å². The number of benzene rings is 1. The molecule has 1 unspecified atom stereocenters. The molecule has 0 aliphatic carbocycles. The Kier molecular flexibility index (Phi) is 5.92. The molecule has 1 aromatic rings. The molecule has 0 heterocycles. The zero-order chi connectivity index (χ0) is 15.1. The number of aliphatic hydroxyl groups excluding tert-OH is 1. The number of rotatable bonds is 6. The fourth-order valence-corrected chi connectivity index (χ4v) is 1.61. The van der Waals surface area contributed by atoms with E-state index < -0.39 is 11.0 Å². The van der Waals surface area contributed by atoms with E-state index in [1.165, 1.54) is 12.1 Å². The molecule has 1 rings (SSSR count). The van der Waals surface area contributed by atoms with Crippen molar-refractivity contribution in [1.82, 2.24) is 5.32 Å². The van der Waals surface area contributed by atoms with Crippen LogP contribution < -0.4 is 10.6 Å². The zero-order valence-corrected chi connectivity index (χ0v) is 11.5. The van der Waals surface area contributed by atoms with Crippen LogP contribution in [0.5, 0.6) is 0 Å². The van der Waals surface area contributed by atoms with Gasteiger partial charge in [-0.05, 0) is 24.8 Å². The maximum absolute atomic E-state index is 11.7. The Morgan fingerprint density at radius 2 is 2.20 bits per heavy atom. The molecule has 20 heavy (non-hydrogen) atoms. The summed E-state index contributed by atoms with van der Waals surface area (Å²) in [6, 6.07) is 3.88. The molecule has 0 aromatic heterocycles. The number of carbonyl (C=O) groups excluding carboxylic acids is 1. The van der Waals surface area contributed by atoms with Crippen molar-refractivity contribution in [2.75, 3.05) is 18.5 Å². The van der Waals surface area contributed by atoms with Crippen LogP contribution in [0.25, 0.3) is 0 Å². The van der Waals surface area contributed by atoms with Crippen LogP contribution in [-0.2, 0) is 0 Å². The van der Waals surface area contributed by atoms with Crippen molar-refractivity contribution in [3.8, 4) is 0 Å². The number of carbonyl (C=O) groups is 1. The van der Waals surface area contributed by atoms with Gasteiger partial charge in [-0.2, -0.15) is 0 Å². The molecule has 0 fully saturated rings. The van der Waals surface area contributed by atoms with Gasteiger partial charge in [-0.15, -0.1) is 0 Å². The highest BCUT2D eigenvalue weighted by molar-refractivity contribution is 5.90. The van der Waals surface area contributed by atoms with Gasteiger partial charge >= 0.3 is 6.03 Å². The summed E-state index contributed by atoms with van der Waals surface area (Å²) in [5.74, 6) is 0.164. The van der Waals surface area contributed by atoms with Crippen molar-refractivity contribution < 1.29 is 14.8 Å². The minimum Gasteiger partial charge on any atom is -0.396 e. The van der Waals surface area contributed by atoms with Crippen LogP contribution in [0.1, 0.15) is 18.9 Å². The summed E-state index contributed by atoms with van der Waals surface area (Å²) < 4.78 is 0. The molecule has 0 aliphatic rings. The maximum Gasteiger partial charge on any atom is 0.319 e. The van der Waals surface area contributed by atoms with Crippen LogP contribution in [0.2, 0.25) is 0 Å². The molecule has 1 atom stereocenters. The van der Waals surface area contributed by atoms with Crippen molar-refractivity contribution in [2.24, 2.45) is 5.92 Å². The molecule has 7 nitrogen and oxygen atoms in total. The average Bonchev–Trinajstić information content (AvgIpc) is 2.39. The Hall–Kier alpha value is -2.15. The summed E-state index contributed by atoms with van der Waals surface area (Å²) in [6.45, 7) is 4.18. The molecule has 3 N–H and O–H groups in total. The highest BCUT2D eigenvalue weighted by Crippen LogP contribution is 2.21. The summed E-state index contributed by atoms with van der Waals surface area (Å²) in [5, 5.41) is 24.7. The lowest BCUT2D eigenvalue weighted by atomic mass is 10.1. The van der Waals surface area contributed by atoms with Gasteiger partial charge in [-0.1, -0.05) is 13.0 Å². The number of nitro groups is 1. The van der Waals surface area contributed by atoms with Gasteiger partial charge in [0.25, 0.3) is 5.69 Å². The van der Waals surface area contributed by atoms with E-state index in [-0.39, 0.29) is 18.2 Å². The van der Waals surface area contributed by atoms with Crippen LogP contribution in [-0.4, -0.2) is 29.2 Å². The van der Waals surface area contributed by atoms with E-state index in [0.29, 0.717) is 18.7 Å². The van der Waals surface area contributed by atoms with E-state index in [0.717, 1.165) is 5.56 Å². The molecule has 0 radical (unpaired) electrons. The van der Waals surface area contributed by atoms with Gasteiger partial charge in [0, 0.05) is 25.3 Å². The molecule has 0 bridgehead atoms. The third-order valence-electron chi connectivity index (χ3n) is 2.91. The minimum atomic E-state index is -0.508. The van der Waals surface area contributed by atoms with Crippen LogP contribution in [0.4, 0.5) is 16.2 Å². The van der Waals surface area contributed by atoms with E-state index >= 15 is 0 Å². The topological polar surface area (TPSA) is 105 Å². The molecule has 2 amide bonds. The number of hydrogen-bond donors (Lipinski definition) is 3. The summed E-state index contributed by atoms with van der Waals surface area (Å²) in [7, 11) is 0. The summed E-state index contributed by atoms with van der Waals surface area (Å²) in [4.78, 5) is 21.9. The van der Waals surface area contributed by atoms with Crippen LogP contribution in [0, 0.1) is 23.0 Å². The van der Waals surface area contributed by atoms with Crippen LogP contribution in [0.3, 0.4) is 0 Å². The SMILES string of the molecule is Cc1ccc([N+](=O)[O-])cc1NC(=O)NCC(C)CCO. The predicted molar refractivity (Wildman–Crippen MR) is 75.7 cm³/mol. The molecule has 0 saturated heterocycles. The van der Waals surface area contributed by atoms with E-state index in [1.807, 2.05) is 6.92 Å². The molecule has 0 aliphatic heterocycles. The highest BCUT2D eigenvalue weighted by Gasteiger charge is 2.11. The fourth-order valence-electron chi connectivity index (χ4n) is 1.61. The second kappa shape index (κ2) is 7.44. The minimum absolute atomic E-state index is 0.0699. The second-order valence-corrected chi connectivity index (χ2v) is 4.71. The first-order valence-corrected chi connectivity index (χ1v) is 6.34. The summed E-state index contributed by atoms with van der Waals surface area (Å²) in [6.07, 6.45) is 0.607. The van der Waals surface area contributed by atoms with Crippen molar-refractivity contribution >= 4 is 17.4 Å². The number of nitrogens with one attached hydrogen (secondary N) is 2. The molecule has 110 valence electrons. The number of amides is 2. The summed E-state index contributed by atoms with van der Waals surface area (Å²) >= 11 is 0. The van der Waals surface area contributed by atoms with E-state index in [4.69, 9.17) is 5.11 Å². The number of aliphatic hydroxyl groups is 1. The standard InChI is InChI=1S/C13H19N3O4/c1-9(5-6-17)8-14-13(18)15-12-7-11(16(19)20)4-3-10(12)2/h3-4,7,9,17H,5-6,8H2,1-2H3,(H2,14,15,18). The molecule has 0 spiro atoms. The highest BCUT2D eigenvalue weighted by atomic mass is 16.6. The number of hydrogen-bond acceptors (Lipinski definition) is 4. The monoisotopic (exact) mass is 281 g/mol. The van der Waals surface area contributed by atoms with E-state index in [2.05, 4.69) is 10.6 Å². The Morgan fingerprint density at radius 1 is 1.50 bits per heavy atom. The molecular formula is C13H19N3O4. The van der Waals surface area contributed by atoms with Crippen LogP contribution in [0.15, 0.2) is 18.2 Å². The Morgan fingerprint density at radius 3 is 2.80 bits per heavy atom. The Bertz CT molecular complexity index is 491. The zero-order valence-electron chi connectivity index (χ0n) is 11.5.